The molecule has 1 aromatic carbocycles. The van der Waals surface area contributed by atoms with E-state index in [2.05, 4.69) is 10.6 Å². The number of hydrogen-bond acceptors (Lipinski definition) is 3. The van der Waals surface area contributed by atoms with Gasteiger partial charge in [-0.3, -0.25) is 4.21 Å². The first kappa shape index (κ1) is 19.0. The molecule has 0 saturated heterocycles. The van der Waals surface area contributed by atoms with Gasteiger partial charge in [-0.25, -0.2) is 4.79 Å². The minimum absolute atomic E-state index is 0.199. The van der Waals surface area contributed by atoms with Gasteiger partial charge in [0.15, 0.2) is 0 Å². The van der Waals surface area contributed by atoms with Crippen LogP contribution in [0.4, 0.5) is 10.5 Å². The van der Waals surface area contributed by atoms with Crippen molar-refractivity contribution in [1.29, 1.82) is 0 Å². The predicted octanol–water partition coefficient (Wildman–Crippen LogP) is 3.61. The Bertz CT molecular complexity index is 513. The Morgan fingerprint density at radius 3 is 2.68 bits per heavy atom. The topological polar surface area (TPSA) is 58.2 Å². The molecular formula is C16H26N2O2S2. The second-order valence-electron chi connectivity index (χ2n) is 6.03. The Morgan fingerprint density at radius 2 is 2.05 bits per heavy atom. The molecule has 1 aromatic rings. The van der Waals surface area contributed by atoms with Crippen molar-refractivity contribution < 1.29 is 9.00 Å². The lowest BCUT2D eigenvalue weighted by atomic mass is 10.2. The minimum atomic E-state index is -0.947. The zero-order valence-corrected chi connectivity index (χ0v) is 15.4. The van der Waals surface area contributed by atoms with Gasteiger partial charge in [0.1, 0.15) is 0 Å². The first-order valence-electron chi connectivity index (χ1n) is 7.34. The third-order valence-electron chi connectivity index (χ3n) is 2.98. The van der Waals surface area contributed by atoms with E-state index in [1.54, 1.807) is 11.8 Å². The van der Waals surface area contributed by atoms with Gasteiger partial charge in [-0.15, -0.1) is 0 Å². The van der Waals surface area contributed by atoms with Crippen LogP contribution in [0.25, 0.3) is 0 Å². The summed E-state index contributed by atoms with van der Waals surface area (Å²) in [6.45, 7) is 6.56. The molecule has 0 saturated carbocycles. The van der Waals surface area contributed by atoms with Crippen LogP contribution in [0.5, 0.6) is 0 Å². The molecule has 124 valence electrons. The summed E-state index contributed by atoms with van der Waals surface area (Å²) in [4.78, 5) is 11.8. The average molecular weight is 343 g/mol. The number of thioether (sulfide) groups is 1. The van der Waals surface area contributed by atoms with Crippen molar-refractivity contribution in [2.24, 2.45) is 0 Å². The lowest BCUT2D eigenvalue weighted by Crippen LogP contribution is -2.29. The summed E-state index contributed by atoms with van der Waals surface area (Å²) in [5.41, 5.74) is 1.69. The van der Waals surface area contributed by atoms with Gasteiger partial charge in [0.25, 0.3) is 0 Å². The largest absolute Gasteiger partial charge is 0.338 e. The summed E-state index contributed by atoms with van der Waals surface area (Å²) in [5.74, 6) is 1.53. The van der Waals surface area contributed by atoms with Crippen molar-refractivity contribution in [2.75, 3.05) is 23.9 Å². The molecule has 0 radical (unpaired) electrons. The maximum Gasteiger partial charge on any atom is 0.319 e. The van der Waals surface area contributed by atoms with Gasteiger partial charge in [-0.05, 0) is 56.9 Å². The van der Waals surface area contributed by atoms with Gasteiger partial charge in [0.2, 0.25) is 0 Å². The van der Waals surface area contributed by atoms with Crippen LogP contribution in [0.15, 0.2) is 24.3 Å². The van der Waals surface area contributed by atoms with Crippen LogP contribution in [0.3, 0.4) is 0 Å². The van der Waals surface area contributed by atoms with Crippen molar-refractivity contribution >= 4 is 34.3 Å². The molecule has 0 aromatic heterocycles. The molecule has 0 aliphatic carbocycles. The predicted molar refractivity (Wildman–Crippen MR) is 98.1 cm³/mol. The van der Waals surface area contributed by atoms with Gasteiger partial charge in [-0.2, -0.15) is 11.8 Å². The van der Waals surface area contributed by atoms with Gasteiger partial charge in [0, 0.05) is 33.5 Å². The van der Waals surface area contributed by atoms with Crippen molar-refractivity contribution in [2.45, 2.75) is 37.7 Å². The molecule has 0 aliphatic heterocycles. The fourth-order valence-electron chi connectivity index (χ4n) is 1.70. The summed E-state index contributed by atoms with van der Waals surface area (Å²) in [5, 5.41) is 5.64. The highest BCUT2D eigenvalue weighted by atomic mass is 32.2. The molecule has 6 heteroatoms. The summed E-state index contributed by atoms with van der Waals surface area (Å²) >= 11 is 1.77. The molecule has 1 unspecified atom stereocenters. The Hall–Kier alpha value is -1.01. The van der Waals surface area contributed by atoms with Crippen LogP contribution >= 0.6 is 11.8 Å². The molecule has 0 aliphatic rings. The number of hydrogen-bond donors (Lipinski definition) is 2. The number of urea groups is 1. The number of anilines is 1. The Labute approximate surface area is 140 Å². The van der Waals surface area contributed by atoms with Crippen molar-refractivity contribution in [1.82, 2.24) is 5.32 Å². The van der Waals surface area contributed by atoms with Crippen LogP contribution < -0.4 is 10.6 Å². The van der Waals surface area contributed by atoms with Crippen LogP contribution in [-0.2, 0) is 16.6 Å². The van der Waals surface area contributed by atoms with E-state index in [0.717, 1.165) is 23.4 Å². The number of nitrogens with one attached hydrogen (secondary N) is 2. The molecule has 0 spiro atoms. The van der Waals surface area contributed by atoms with Gasteiger partial charge in [-0.1, -0.05) is 12.1 Å². The van der Waals surface area contributed by atoms with E-state index in [1.807, 2.05) is 51.3 Å². The smallest absolute Gasteiger partial charge is 0.319 e. The van der Waals surface area contributed by atoms with Crippen LogP contribution in [0, 0.1) is 0 Å². The van der Waals surface area contributed by atoms with E-state index in [4.69, 9.17) is 0 Å². The SMILES string of the molecule is CSCCCNC(=O)Nc1cccc(CS(=O)C(C)(C)C)c1. The molecule has 22 heavy (non-hydrogen) atoms. The quantitative estimate of drug-likeness (QED) is 0.744. The fraction of sp³-hybridized carbons (Fsp3) is 0.562. The molecule has 0 fully saturated rings. The Morgan fingerprint density at radius 1 is 1.32 bits per heavy atom. The lowest BCUT2D eigenvalue weighted by Gasteiger charge is -2.18. The van der Waals surface area contributed by atoms with Crippen LogP contribution in [0.2, 0.25) is 0 Å². The average Bonchev–Trinajstić information content (AvgIpc) is 2.43. The van der Waals surface area contributed by atoms with E-state index in [-0.39, 0.29) is 10.8 Å². The number of carbonyl (C=O) groups excluding carboxylic acids is 1. The first-order chi connectivity index (χ1) is 10.3. The maximum absolute atomic E-state index is 12.2. The molecule has 1 atom stereocenters. The summed E-state index contributed by atoms with van der Waals surface area (Å²) in [7, 11) is -0.947. The zero-order valence-electron chi connectivity index (χ0n) is 13.8. The monoisotopic (exact) mass is 342 g/mol. The van der Waals surface area contributed by atoms with Gasteiger partial charge in [0.05, 0.1) is 0 Å². The highest BCUT2D eigenvalue weighted by Crippen LogP contribution is 2.18. The van der Waals surface area contributed by atoms with Crippen molar-refractivity contribution in [3.63, 3.8) is 0 Å². The number of rotatable bonds is 7. The second kappa shape index (κ2) is 9.20. The standard InChI is InChI=1S/C16H26N2O2S2/c1-16(2,3)22(20)12-13-7-5-8-14(11-13)18-15(19)17-9-6-10-21-4/h5,7-8,11H,6,9-10,12H2,1-4H3,(H2,17,18,19). The van der Waals surface area contributed by atoms with E-state index in [0.29, 0.717) is 12.3 Å². The molecular weight excluding hydrogens is 316 g/mol. The second-order valence-corrected chi connectivity index (χ2v) is 9.22. The molecule has 2 amide bonds. The number of benzene rings is 1. The summed E-state index contributed by atoms with van der Waals surface area (Å²) < 4.78 is 11.9. The maximum atomic E-state index is 12.2. The van der Waals surface area contributed by atoms with E-state index < -0.39 is 10.8 Å². The molecule has 1 rings (SSSR count). The molecule has 4 nitrogen and oxygen atoms in total. The third-order valence-corrected chi connectivity index (χ3v) is 5.63. The van der Waals surface area contributed by atoms with Gasteiger partial charge >= 0.3 is 6.03 Å². The lowest BCUT2D eigenvalue weighted by molar-refractivity contribution is 0.252. The van der Waals surface area contributed by atoms with Crippen molar-refractivity contribution in [3.05, 3.63) is 29.8 Å². The normalized spacial score (nSPS) is 12.7. The van der Waals surface area contributed by atoms with Crippen molar-refractivity contribution in [3.8, 4) is 0 Å². The van der Waals surface area contributed by atoms with Gasteiger partial charge < -0.3 is 10.6 Å². The molecule has 2 N–H and O–H groups in total. The summed E-state index contributed by atoms with van der Waals surface area (Å²) in [6.07, 6.45) is 3.01. The fourth-order valence-corrected chi connectivity index (χ4v) is 3.05. The third kappa shape index (κ3) is 7.31. The van der Waals surface area contributed by atoms with Crippen LogP contribution in [-0.4, -0.2) is 33.5 Å². The highest BCUT2D eigenvalue weighted by Gasteiger charge is 2.19. The molecule has 0 heterocycles. The van der Waals surface area contributed by atoms with Crippen LogP contribution in [0.1, 0.15) is 32.8 Å². The number of amides is 2. The first-order valence-corrected chi connectivity index (χ1v) is 10.1. The van der Waals surface area contributed by atoms with E-state index in [1.165, 1.54) is 0 Å². The summed E-state index contributed by atoms with van der Waals surface area (Å²) in [6, 6.07) is 7.33. The number of carbonyl (C=O) groups is 1. The Kier molecular flexibility index (Phi) is 7.96. The van der Waals surface area contributed by atoms with E-state index >= 15 is 0 Å². The zero-order chi connectivity index (χ0) is 16.6. The minimum Gasteiger partial charge on any atom is -0.338 e. The van der Waals surface area contributed by atoms with E-state index in [9.17, 15) is 9.00 Å². The highest BCUT2D eigenvalue weighted by molar-refractivity contribution is 7.98. The molecule has 0 bridgehead atoms. The Balaban J connectivity index is 2.53.